The quantitative estimate of drug-likeness (QED) is 0.524. The maximum Gasteiger partial charge on any atom is 0.0587 e. The molecule has 0 bridgehead atoms. The van der Waals surface area contributed by atoms with Crippen LogP contribution in [0.25, 0.3) is 0 Å². The molecule has 54 valence electrons. The summed E-state index contributed by atoms with van der Waals surface area (Å²) < 4.78 is 1.89. The molecule has 0 aliphatic heterocycles. The van der Waals surface area contributed by atoms with Gasteiger partial charge in [-0.25, -0.2) is 0 Å². The smallest absolute Gasteiger partial charge is 0.0587 e. The lowest BCUT2D eigenvalue weighted by Crippen LogP contribution is -1.60. The first-order chi connectivity index (χ1) is 4.70. The van der Waals surface area contributed by atoms with Crippen molar-refractivity contribution in [2.24, 2.45) is 0 Å². The monoisotopic (exact) mass is 262 g/mol. The van der Waals surface area contributed by atoms with E-state index in [0.29, 0.717) is 0 Å². The molecule has 2 heteroatoms. The van der Waals surface area contributed by atoms with Gasteiger partial charge < -0.3 is 0 Å². The van der Waals surface area contributed by atoms with Gasteiger partial charge in [0.25, 0.3) is 0 Å². The molecule has 0 aromatic heterocycles. The minimum Gasteiger partial charge on any atom is -0.113 e. The fraction of sp³-hybridized carbons (Fsp3) is 0.125. The zero-order chi connectivity index (χ0) is 7.98. The van der Waals surface area contributed by atoms with E-state index in [2.05, 4.69) is 44.2 Å². The van der Waals surface area contributed by atoms with Gasteiger partial charge in [-0.3, -0.25) is 0 Å². The van der Waals surface area contributed by atoms with Crippen LogP contribution in [0.3, 0.4) is 0 Å². The third-order valence-corrected chi connectivity index (χ3v) is 2.10. The van der Waals surface area contributed by atoms with Crippen molar-refractivity contribution >= 4 is 31.9 Å². The number of hydrogen-bond acceptors (Lipinski definition) is 0. The number of hydrogen-bond donors (Lipinski definition) is 0. The third-order valence-electron chi connectivity index (χ3n) is 0.834. The molecule has 0 saturated heterocycles. The lowest BCUT2D eigenvalue weighted by atomic mass is 10.4. The Kier molecular flexibility index (Phi) is 5.70. The predicted molar refractivity (Wildman–Crippen MR) is 53.4 cm³/mol. The Morgan fingerprint density at radius 2 is 2.00 bits per heavy atom. The summed E-state index contributed by atoms with van der Waals surface area (Å²) in [6.07, 6.45) is 5.75. The molecule has 0 amide bonds. The molecule has 0 unspecified atom stereocenters. The summed E-state index contributed by atoms with van der Waals surface area (Å²) in [6.45, 7) is 5.43. The molecular weight excluding hydrogens is 256 g/mol. The highest BCUT2D eigenvalue weighted by Gasteiger charge is 1.80. The Labute approximate surface area is 78.3 Å². The van der Waals surface area contributed by atoms with Crippen LogP contribution in [-0.4, -0.2) is 0 Å². The van der Waals surface area contributed by atoms with Crippen LogP contribution in [0, 0.1) is 0 Å². The molecule has 0 aromatic rings. The standard InChI is InChI=1S/C8H8Br2/c1-3-7(9)5-6-8(10)4-2/h4-6H,1H2,2H3/b6-5-,8-4+. The van der Waals surface area contributed by atoms with E-state index < -0.39 is 0 Å². The highest BCUT2D eigenvalue weighted by molar-refractivity contribution is 9.12. The van der Waals surface area contributed by atoms with Crippen LogP contribution in [0.1, 0.15) is 6.92 Å². The second-order valence-corrected chi connectivity index (χ2v) is 3.30. The molecule has 0 saturated carbocycles. The summed E-state index contributed by atoms with van der Waals surface area (Å²) >= 11 is 6.57. The van der Waals surface area contributed by atoms with Crippen LogP contribution in [0.4, 0.5) is 0 Å². The first-order valence-corrected chi connectivity index (χ1v) is 4.34. The number of rotatable bonds is 2. The van der Waals surface area contributed by atoms with Crippen LogP contribution in [0.5, 0.6) is 0 Å². The topological polar surface area (TPSA) is 0 Å². The predicted octanol–water partition coefficient (Wildman–Crippen LogP) is 3.91. The van der Waals surface area contributed by atoms with Crippen LogP contribution >= 0.6 is 31.9 Å². The van der Waals surface area contributed by atoms with Crippen molar-refractivity contribution in [3.63, 3.8) is 0 Å². The Bertz CT molecular complexity index is 205. The summed E-state index contributed by atoms with van der Waals surface area (Å²) in [5, 5.41) is 0. The number of halogens is 2. The maximum atomic E-state index is 3.47. The lowest BCUT2D eigenvalue weighted by molar-refractivity contribution is 1.71. The molecule has 0 aliphatic rings. The van der Waals surface area contributed by atoms with Crippen molar-refractivity contribution in [3.05, 3.63) is 39.5 Å². The zero-order valence-electron chi connectivity index (χ0n) is 5.70. The largest absolute Gasteiger partial charge is 0.113 e. The summed E-state index contributed by atoms with van der Waals surface area (Å²) in [6, 6.07) is 0. The molecular formula is C8H8Br2. The highest BCUT2D eigenvalue weighted by atomic mass is 79.9. The van der Waals surface area contributed by atoms with Gasteiger partial charge in [0, 0.05) is 4.48 Å². The summed E-state index contributed by atoms with van der Waals surface area (Å²) in [5.41, 5.74) is 2.69. The average Bonchev–Trinajstić information content (AvgIpc) is 1.99. The van der Waals surface area contributed by atoms with E-state index in [4.69, 9.17) is 0 Å². The second-order valence-electron chi connectivity index (χ2n) is 1.53. The van der Waals surface area contributed by atoms with Crippen LogP contribution in [-0.2, 0) is 0 Å². The molecule has 10 heavy (non-hydrogen) atoms. The lowest BCUT2D eigenvalue weighted by Gasteiger charge is -1.83. The first kappa shape index (κ1) is 9.96. The Morgan fingerprint density at radius 3 is 2.40 bits per heavy atom. The molecule has 0 heterocycles. The van der Waals surface area contributed by atoms with E-state index in [1.165, 1.54) is 0 Å². The van der Waals surface area contributed by atoms with Crippen molar-refractivity contribution < 1.29 is 0 Å². The minimum absolute atomic E-state index is 0.853. The van der Waals surface area contributed by atoms with Gasteiger partial charge in [-0.2, -0.15) is 0 Å². The average molecular weight is 264 g/mol. The van der Waals surface area contributed by atoms with E-state index in [1.807, 2.05) is 25.2 Å². The van der Waals surface area contributed by atoms with Gasteiger partial charge in [-0.1, -0.05) is 28.6 Å². The van der Waals surface area contributed by atoms with Crippen molar-refractivity contribution in [2.45, 2.75) is 6.92 Å². The summed E-state index contributed by atoms with van der Waals surface area (Å²) in [7, 11) is 0. The van der Waals surface area contributed by atoms with Crippen molar-refractivity contribution in [3.8, 4) is 0 Å². The Hall–Kier alpha value is -0.0400. The van der Waals surface area contributed by atoms with Gasteiger partial charge in [0.15, 0.2) is 0 Å². The normalized spacial score (nSPS) is 11.7. The second kappa shape index (κ2) is 5.72. The maximum absolute atomic E-state index is 3.47. The van der Waals surface area contributed by atoms with Gasteiger partial charge in [0.05, 0.1) is 4.48 Å². The van der Waals surface area contributed by atoms with E-state index in [1.54, 1.807) is 0 Å². The Morgan fingerprint density at radius 1 is 1.40 bits per heavy atom. The molecule has 0 aromatic carbocycles. The molecule has 0 aliphatic carbocycles. The van der Waals surface area contributed by atoms with E-state index in [-0.39, 0.29) is 0 Å². The van der Waals surface area contributed by atoms with E-state index in [9.17, 15) is 0 Å². The number of allylic oxidation sites excluding steroid dienone is 5. The van der Waals surface area contributed by atoms with Gasteiger partial charge in [0.1, 0.15) is 0 Å². The first-order valence-electron chi connectivity index (χ1n) is 2.76. The van der Waals surface area contributed by atoms with Crippen molar-refractivity contribution in [2.75, 3.05) is 0 Å². The van der Waals surface area contributed by atoms with Gasteiger partial charge in [0.2, 0.25) is 0 Å². The van der Waals surface area contributed by atoms with Crippen molar-refractivity contribution in [1.82, 2.24) is 0 Å². The van der Waals surface area contributed by atoms with Crippen molar-refractivity contribution in [1.29, 1.82) is 0 Å². The molecule has 0 fully saturated rings. The summed E-state index contributed by atoms with van der Waals surface area (Å²) in [5.74, 6) is 0. The summed E-state index contributed by atoms with van der Waals surface area (Å²) in [4.78, 5) is 0. The highest BCUT2D eigenvalue weighted by Crippen LogP contribution is 2.10. The fourth-order valence-corrected chi connectivity index (χ4v) is 0.572. The van der Waals surface area contributed by atoms with Crippen LogP contribution < -0.4 is 0 Å². The van der Waals surface area contributed by atoms with Gasteiger partial charge in [-0.15, -0.1) is 5.73 Å². The molecule has 0 radical (unpaired) electrons. The van der Waals surface area contributed by atoms with E-state index >= 15 is 0 Å². The molecule has 0 atom stereocenters. The molecule has 0 spiro atoms. The Balaban J connectivity index is 4.14. The minimum atomic E-state index is 0.853. The SMILES string of the molecule is C=C=C(Br)/C=C\C(Br)=C/C. The third kappa shape index (κ3) is 4.80. The van der Waals surface area contributed by atoms with Gasteiger partial charge >= 0.3 is 0 Å². The molecule has 0 nitrogen and oxygen atoms in total. The molecule has 0 rings (SSSR count). The van der Waals surface area contributed by atoms with Gasteiger partial charge in [-0.05, 0) is 35.0 Å². The fourth-order valence-electron chi connectivity index (χ4n) is 0.308. The van der Waals surface area contributed by atoms with Crippen LogP contribution in [0.2, 0.25) is 0 Å². The van der Waals surface area contributed by atoms with Crippen LogP contribution in [0.15, 0.2) is 39.5 Å². The van der Waals surface area contributed by atoms with E-state index in [0.717, 1.165) is 8.96 Å². The molecule has 0 N–H and O–H groups in total. The zero-order valence-corrected chi connectivity index (χ0v) is 8.87.